The van der Waals surface area contributed by atoms with Crippen molar-refractivity contribution in [1.29, 1.82) is 0 Å². The molecule has 0 radical (unpaired) electrons. The number of esters is 1. The molecule has 152 valence electrons. The van der Waals surface area contributed by atoms with E-state index >= 15 is 0 Å². The van der Waals surface area contributed by atoms with Gasteiger partial charge in [-0.1, -0.05) is 29.8 Å². The van der Waals surface area contributed by atoms with Gasteiger partial charge in [0.15, 0.2) is 18.1 Å². The van der Waals surface area contributed by atoms with Crippen LogP contribution in [0.2, 0.25) is 5.02 Å². The van der Waals surface area contributed by atoms with E-state index in [1.54, 1.807) is 29.2 Å². The summed E-state index contributed by atoms with van der Waals surface area (Å²) in [7, 11) is 0. The van der Waals surface area contributed by atoms with Gasteiger partial charge < -0.3 is 19.1 Å². The molecule has 2 aromatic carbocycles. The fraction of sp³-hybridized carbons (Fsp3) is 0.273. The summed E-state index contributed by atoms with van der Waals surface area (Å²) in [6.07, 6.45) is 2.86. The number of hydrogen-bond acceptors (Lipinski definition) is 5. The Morgan fingerprint density at radius 1 is 1.14 bits per heavy atom. The van der Waals surface area contributed by atoms with Crippen LogP contribution in [-0.4, -0.2) is 43.1 Å². The number of nitrogens with zero attached hydrogens (tertiary/aromatic N) is 1. The van der Waals surface area contributed by atoms with Gasteiger partial charge in [0.05, 0.1) is 0 Å². The van der Waals surface area contributed by atoms with Gasteiger partial charge in [0.25, 0.3) is 5.91 Å². The van der Waals surface area contributed by atoms with E-state index in [4.69, 9.17) is 25.8 Å². The summed E-state index contributed by atoms with van der Waals surface area (Å²) in [5.74, 6) is 0.519. The van der Waals surface area contributed by atoms with Gasteiger partial charge >= 0.3 is 5.97 Å². The first-order valence-corrected chi connectivity index (χ1v) is 9.69. The van der Waals surface area contributed by atoms with E-state index in [-0.39, 0.29) is 12.5 Å². The molecule has 7 heteroatoms. The maximum absolute atomic E-state index is 12.4. The van der Waals surface area contributed by atoms with Crippen molar-refractivity contribution >= 4 is 29.6 Å². The van der Waals surface area contributed by atoms with E-state index in [9.17, 15) is 9.59 Å². The Morgan fingerprint density at radius 3 is 2.69 bits per heavy atom. The Hall–Kier alpha value is -2.99. The Balaban J connectivity index is 1.52. The van der Waals surface area contributed by atoms with Crippen LogP contribution in [0.15, 0.2) is 48.5 Å². The SMILES string of the molecule is CCN(Cc1ccc2c(c1)OCCO2)C(=O)COC(=O)/C=C/c1cccc(Cl)c1. The molecule has 29 heavy (non-hydrogen) atoms. The van der Waals surface area contributed by atoms with Gasteiger partial charge in [0.2, 0.25) is 0 Å². The normalized spacial score (nSPS) is 12.6. The molecule has 1 heterocycles. The lowest BCUT2D eigenvalue weighted by Gasteiger charge is -2.23. The van der Waals surface area contributed by atoms with Gasteiger partial charge in [0.1, 0.15) is 13.2 Å². The van der Waals surface area contributed by atoms with E-state index < -0.39 is 5.97 Å². The molecule has 0 unspecified atom stereocenters. The molecule has 0 spiro atoms. The maximum Gasteiger partial charge on any atom is 0.331 e. The molecular weight excluding hydrogens is 394 g/mol. The topological polar surface area (TPSA) is 65.1 Å². The Labute approximate surface area is 174 Å². The molecule has 0 atom stereocenters. The minimum absolute atomic E-state index is 0.271. The summed E-state index contributed by atoms with van der Waals surface area (Å²) < 4.78 is 16.2. The third-order valence-corrected chi connectivity index (χ3v) is 4.55. The second-order valence-corrected chi connectivity index (χ2v) is 6.82. The molecule has 0 bridgehead atoms. The summed E-state index contributed by atoms with van der Waals surface area (Å²) in [5.41, 5.74) is 1.69. The molecule has 1 aliphatic heterocycles. The quantitative estimate of drug-likeness (QED) is 0.509. The van der Waals surface area contributed by atoms with Gasteiger partial charge in [-0.3, -0.25) is 4.79 Å². The molecule has 0 N–H and O–H groups in total. The van der Waals surface area contributed by atoms with Crippen LogP contribution >= 0.6 is 11.6 Å². The standard InChI is InChI=1S/C22H22ClNO5/c1-2-24(14-17-6-8-19-20(13-17)28-11-10-27-19)21(25)15-29-22(26)9-7-16-4-3-5-18(23)12-16/h3-9,12-13H,2,10-11,14-15H2,1H3/b9-7+. The van der Waals surface area contributed by atoms with E-state index in [0.717, 1.165) is 11.1 Å². The molecule has 0 saturated heterocycles. The Kier molecular flexibility index (Phi) is 7.14. The summed E-state index contributed by atoms with van der Waals surface area (Å²) in [6.45, 7) is 3.47. The second-order valence-electron chi connectivity index (χ2n) is 6.38. The molecule has 6 nitrogen and oxygen atoms in total. The first kappa shape index (κ1) is 20.7. The van der Waals surface area contributed by atoms with Crippen LogP contribution in [0.4, 0.5) is 0 Å². The highest BCUT2D eigenvalue weighted by atomic mass is 35.5. The lowest BCUT2D eigenvalue weighted by atomic mass is 10.1. The Morgan fingerprint density at radius 2 is 1.93 bits per heavy atom. The average molecular weight is 416 g/mol. The zero-order valence-electron chi connectivity index (χ0n) is 16.1. The van der Waals surface area contributed by atoms with E-state index in [0.29, 0.717) is 42.8 Å². The van der Waals surface area contributed by atoms with Crippen LogP contribution in [0.25, 0.3) is 6.08 Å². The number of ether oxygens (including phenoxy) is 3. The highest BCUT2D eigenvalue weighted by molar-refractivity contribution is 6.30. The third kappa shape index (κ3) is 5.99. The Bertz CT molecular complexity index is 912. The summed E-state index contributed by atoms with van der Waals surface area (Å²) in [6, 6.07) is 12.7. The van der Waals surface area contributed by atoms with Crippen molar-refractivity contribution in [2.24, 2.45) is 0 Å². The molecular formula is C22H22ClNO5. The number of hydrogen-bond donors (Lipinski definition) is 0. The van der Waals surface area contributed by atoms with Crippen LogP contribution in [0, 0.1) is 0 Å². The monoisotopic (exact) mass is 415 g/mol. The molecule has 0 fully saturated rings. The fourth-order valence-electron chi connectivity index (χ4n) is 2.83. The predicted octanol–water partition coefficient (Wildman–Crippen LogP) is 3.72. The molecule has 1 aliphatic rings. The first-order valence-electron chi connectivity index (χ1n) is 9.32. The van der Waals surface area contributed by atoms with Crippen LogP contribution in [0.5, 0.6) is 11.5 Å². The van der Waals surface area contributed by atoms with Gasteiger partial charge in [-0.2, -0.15) is 0 Å². The summed E-state index contributed by atoms with van der Waals surface area (Å²) in [5, 5.41) is 0.577. The predicted molar refractivity (Wildman–Crippen MR) is 110 cm³/mol. The summed E-state index contributed by atoms with van der Waals surface area (Å²) in [4.78, 5) is 25.9. The third-order valence-electron chi connectivity index (χ3n) is 4.31. The zero-order chi connectivity index (χ0) is 20.6. The first-order chi connectivity index (χ1) is 14.0. The molecule has 0 saturated carbocycles. The zero-order valence-corrected chi connectivity index (χ0v) is 16.9. The highest BCUT2D eigenvalue weighted by Crippen LogP contribution is 2.31. The van der Waals surface area contributed by atoms with Gasteiger partial charge in [-0.25, -0.2) is 4.79 Å². The maximum atomic E-state index is 12.4. The van der Waals surface area contributed by atoms with Crippen LogP contribution in [0.1, 0.15) is 18.1 Å². The van der Waals surface area contributed by atoms with Gasteiger partial charge in [-0.05, 0) is 48.4 Å². The number of carbonyl (C=O) groups excluding carboxylic acids is 2. The van der Waals surface area contributed by atoms with E-state index in [1.165, 1.54) is 6.08 Å². The van der Waals surface area contributed by atoms with E-state index in [1.807, 2.05) is 31.2 Å². The lowest BCUT2D eigenvalue weighted by Crippen LogP contribution is -2.34. The highest BCUT2D eigenvalue weighted by Gasteiger charge is 2.17. The molecule has 0 aliphatic carbocycles. The van der Waals surface area contributed by atoms with Crippen molar-refractivity contribution < 1.29 is 23.8 Å². The number of halogens is 1. The van der Waals surface area contributed by atoms with Crippen molar-refractivity contribution in [3.8, 4) is 11.5 Å². The number of carbonyl (C=O) groups is 2. The number of rotatable bonds is 7. The lowest BCUT2D eigenvalue weighted by molar-refractivity contribution is -0.148. The number of fused-ring (bicyclic) bond motifs is 1. The minimum Gasteiger partial charge on any atom is -0.486 e. The van der Waals surface area contributed by atoms with Gasteiger partial charge in [0, 0.05) is 24.2 Å². The van der Waals surface area contributed by atoms with Crippen molar-refractivity contribution in [1.82, 2.24) is 4.90 Å². The van der Waals surface area contributed by atoms with Crippen molar-refractivity contribution in [2.45, 2.75) is 13.5 Å². The van der Waals surface area contributed by atoms with Crippen LogP contribution in [0.3, 0.4) is 0 Å². The van der Waals surface area contributed by atoms with Crippen molar-refractivity contribution in [3.05, 3.63) is 64.7 Å². The van der Waals surface area contributed by atoms with Gasteiger partial charge in [-0.15, -0.1) is 0 Å². The van der Waals surface area contributed by atoms with Crippen molar-refractivity contribution in [3.63, 3.8) is 0 Å². The van der Waals surface area contributed by atoms with Crippen LogP contribution < -0.4 is 9.47 Å². The average Bonchev–Trinajstić information content (AvgIpc) is 2.74. The molecule has 1 amide bonds. The second kappa shape index (κ2) is 9.98. The molecule has 2 aromatic rings. The molecule has 3 rings (SSSR count). The van der Waals surface area contributed by atoms with Crippen LogP contribution in [-0.2, 0) is 20.9 Å². The molecule has 0 aromatic heterocycles. The minimum atomic E-state index is -0.589. The van der Waals surface area contributed by atoms with E-state index in [2.05, 4.69) is 0 Å². The smallest absolute Gasteiger partial charge is 0.331 e. The number of likely N-dealkylation sites (N-methyl/N-ethyl adjacent to an activating group) is 1. The van der Waals surface area contributed by atoms with Crippen molar-refractivity contribution in [2.75, 3.05) is 26.4 Å². The fourth-order valence-corrected chi connectivity index (χ4v) is 3.03. The number of amides is 1. The largest absolute Gasteiger partial charge is 0.486 e. The number of benzene rings is 2. The summed E-state index contributed by atoms with van der Waals surface area (Å²) >= 11 is 5.90.